The van der Waals surface area contributed by atoms with E-state index in [0.717, 1.165) is 11.3 Å². The van der Waals surface area contributed by atoms with E-state index >= 15 is 0 Å². The normalized spacial score (nSPS) is 8.00. The van der Waals surface area contributed by atoms with Gasteiger partial charge in [-0.15, -0.1) is 6.42 Å². The molecule has 0 unspecified atom stereocenters. The van der Waals surface area contributed by atoms with Gasteiger partial charge >= 0.3 is 0 Å². The first-order valence-corrected chi connectivity index (χ1v) is 3.56. The summed E-state index contributed by atoms with van der Waals surface area (Å²) in [5.74, 6) is 2.41. The first kappa shape index (κ1) is 12.0. The molecule has 3 heteroatoms. The summed E-state index contributed by atoms with van der Waals surface area (Å²) in [5.41, 5.74) is 1.57. The SMILES string of the molecule is C#Cc1ccc(NC(C)=O)cc1.[Ag]. The van der Waals surface area contributed by atoms with Gasteiger partial charge in [0.1, 0.15) is 0 Å². The minimum atomic E-state index is -0.0801. The molecule has 71 valence electrons. The minimum absolute atomic E-state index is 0. The van der Waals surface area contributed by atoms with Crippen molar-refractivity contribution in [1.29, 1.82) is 0 Å². The van der Waals surface area contributed by atoms with Crippen molar-refractivity contribution in [2.24, 2.45) is 0 Å². The molecule has 0 saturated heterocycles. The molecule has 2 nitrogen and oxygen atoms in total. The first-order chi connectivity index (χ1) is 5.72. The van der Waals surface area contributed by atoms with Crippen molar-refractivity contribution in [1.82, 2.24) is 0 Å². The number of nitrogens with one attached hydrogen (secondary N) is 1. The molecular weight excluding hydrogens is 258 g/mol. The van der Waals surface area contributed by atoms with Gasteiger partial charge in [0.15, 0.2) is 0 Å². The Bertz CT molecular complexity index is 324. The van der Waals surface area contributed by atoms with Crippen LogP contribution in [0.1, 0.15) is 12.5 Å². The number of anilines is 1. The van der Waals surface area contributed by atoms with E-state index in [1.165, 1.54) is 6.92 Å². The molecule has 0 aliphatic rings. The first-order valence-electron chi connectivity index (χ1n) is 3.56. The molecule has 0 saturated carbocycles. The van der Waals surface area contributed by atoms with Crippen molar-refractivity contribution < 1.29 is 27.2 Å². The summed E-state index contributed by atoms with van der Waals surface area (Å²) in [5, 5.41) is 2.65. The standard InChI is InChI=1S/C10H9NO.Ag/c1-3-9-4-6-10(7-5-9)11-8(2)12;/h1,4-7H,2H3,(H,11,12);. The van der Waals surface area contributed by atoms with E-state index in [2.05, 4.69) is 11.2 Å². The van der Waals surface area contributed by atoms with E-state index in [9.17, 15) is 4.79 Å². The fourth-order valence-corrected chi connectivity index (χ4v) is 0.853. The fourth-order valence-electron chi connectivity index (χ4n) is 0.853. The molecule has 0 atom stereocenters. The molecule has 0 spiro atoms. The van der Waals surface area contributed by atoms with Crippen molar-refractivity contribution in [3.63, 3.8) is 0 Å². The van der Waals surface area contributed by atoms with Crippen molar-refractivity contribution in [3.05, 3.63) is 29.8 Å². The largest absolute Gasteiger partial charge is 0.326 e. The number of carbonyl (C=O) groups excluding carboxylic acids is 1. The van der Waals surface area contributed by atoms with Crippen LogP contribution in [0.4, 0.5) is 5.69 Å². The van der Waals surface area contributed by atoms with Gasteiger partial charge in [-0.3, -0.25) is 4.79 Å². The van der Waals surface area contributed by atoms with Gasteiger partial charge in [0, 0.05) is 40.6 Å². The summed E-state index contributed by atoms with van der Waals surface area (Å²) in [4.78, 5) is 10.6. The van der Waals surface area contributed by atoms with Crippen molar-refractivity contribution >= 4 is 11.6 Å². The molecule has 1 amide bonds. The molecule has 1 rings (SSSR count). The summed E-state index contributed by atoms with van der Waals surface area (Å²) in [6, 6.07) is 7.11. The van der Waals surface area contributed by atoms with Crippen LogP contribution < -0.4 is 5.32 Å². The summed E-state index contributed by atoms with van der Waals surface area (Å²) in [6.07, 6.45) is 5.16. The Morgan fingerprint density at radius 2 is 1.92 bits per heavy atom. The second-order valence-electron chi connectivity index (χ2n) is 2.40. The number of rotatable bonds is 1. The molecule has 1 aromatic carbocycles. The Labute approximate surface area is 93.2 Å². The van der Waals surface area contributed by atoms with E-state index < -0.39 is 0 Å². The molecule has 1 N–H and O–H groups in total. The monoisotopic (exact) mass is 266 g/mol. The van der Waals surface area contributed by atoms with Crippen LogP contribution in [0.5, 0.6) is 0 Å². The van der Waals surface area contributed by atoms with Crippen molar-refractivity contribution in [2.45, 2.75) is 6.92 Å². The third-order valence-corrected chi connectivity index (χ3v) is 1.37. The fraction of sp³-hybridized carbons (Fsp3) is 0.100. The molecule has 0 bridgehead atoms. The molecule has 0 aliphatic heterocycles. The van der Waals surface area contributed by atoms with Crippen LogP contribution in [0.3, 0.4) is 0 Å². The van der Waals surface area contributed by atoms with Crippen LogP contribution in [0.25, 0.3) is 0 Å². The zero-order valence-electron chi connectivity index (χ0n) is 7.10. The summed E-state index contributed by atoms with van der Waals surface area (Å²) in [6.45, 7) is 1.47. The minimum Gasteiger partial charge on any atom is -0.326 e. The van der Waals surface area contributed by atoms with Crippen LogP contribution in [-0.4, -0.2) is 5.91 Å². The zero-order valence-corrected chi connectivity index (χ0v) is 8.58. The van der Waals surface area contributed by atoms with Crippen LogP contribution in [0, 0.1) is 12.3 Å². The van der Waals surface area contributed by atoms with E-state index in [1.807, 2.05) is 0 Å². The third-order valence-electron chi connectivity index (χ3n) is 1.37. The average Bonchev–Trinajstić information content (AvgIpc) is 2.05. The molecule has 0 aliphatic carbocycles. The quantitative estimate of drug-likeness (QED) is 0.608. The molecule has 0 fully saturated rings. The average molecular weight is 267 g/mol. The van der Waals surface area contributed by atoms with Gasteiger partial charge in [-0.1, -0.05) is 5.92 Å². The molecule has 0 heterocycles. The van der Waals surface area contributed by atoms with Gasteiger partial charge in [0.05, 0.1) is 0 Å². The second kappa shape index (κ2) is 5.60. The number of amides is 1. The summed E-state index contributed by atoms with van der Waals surface area (Å²) < 4.78 is 0. The number of benzene rings is 1. The van der Waals surface area contributed by atoms with Gasteiger partial charge in [-0.2, -0.15) is 0 Å². The number of hydrogen-bond acceptors (Lipinski definition) is 1. The van der Waals surface area contributed by atoms with Crippen LogP contribution in [0.2, 0.25) is 0 Å². The Hall–Kier alpha value is -1.01. The van der Waals surface area contributed by atoms with E-state index in [4.69, 9.17) is 6.42 Å². The van der Waals surface area contributed by atoms with Gasteiger partial charge < -0.3 is 5.32 Å². The maximum absolute atomic E-state index is 10.6. The van der Waals surface area contributed by atoms with Gasteiger partial charge in [0.2, 0.25) is 5.91 Å². The number of carbonyl (C=O) groups is 1. The third kappa shape index (κ3) is 3.95. The molecule has 1 radical (unpaired) electrons. The summed E-state index contributed by atoms with van der Waals surface area (Å²) in [7, 11) is 0. The van der Waals surface area contributed by atoms with Gasteiger partial charge in [-0.05, 0) is 24.3 Å². The maximum Gasteiger partial charge on any atom is 0.221 e. The Balaban J connectivity index is 0.00000144. The van der Waals surface area contributed by atoms with Crippen molar-refractivity contribution in [2.75, 3.05) is 5.32 Å². The Morgan fingerprint density at radius 3 is 2.31 bits per heavy atom. The van der Waals surface area contributed by atoms with Crippen molar-refractivity contribution in [3.8, 4) is 12.3 Å². The zero-order chi connectivity index (χ0) is 8.97. The van der Waals surface area contributed by atoms with Gasteiger partial charge in [0.25, 0.3) is 0 Å². The van der Waals surface area contributed by atoms with Gasteiger partial charge in [-0.25, -0.2) is 0 Å². The maximum atomic E-state index is 10.6. The number of hydrogen-bond donors (Lipinski definition) is 1. The Morgan fingerprint density at radius 1 is 1.38 bits per heavy atom. The molecule has 1 aromatic rings. The topological polar surface area (TPSA) is 29.1 Å². The van der Waals surface area contributed by atoms with Crippen LogP contribution in [-0.2, 0) is 27.2 Å². The van der Waals surface area contributed by atoms with E-state index in [-0.39, 0.29) is 28.3 Å². The Kier molecular flexibility index (Phi) is 5.17. The second-order valence-corrected chi connectivity index (χ2v) is 2.40. The molecule has 0 aromatic heterocycles. The molecule has 13 heavy (non-hydrogen) atoms. The van der Waals surface area contributed by atoms with E-state index in [0.29, 0.717) is 0 Å². The van der Waals surface area contributed by atoms with E-state index in [1.54, 1.807) is 24.3 Å². The summed E-state index contributed by atoms with van der Waals surface area (Å²) >= 11 is 0. The number of terminal acetylenes is 1. The predicted octanol–water partition coefficient (Wildman–Crippen LogP) is 1.62. The van der Waals surface area contributed by atoms with Crippen LogP contribution >= 0.6 is 0 Å². The smallest absolute Gasteiger partial charge is 0.221 e. The van der Waals surface area contributed by atoms with Crippen LogP contribution in [0.15, 0.2) is 24.3 Å². The predicted molar refractivity (Wildman–Crippen MR) is 48.7 cm³/mol. The molecular formula is C10H9AgNO.